The van der Waals surface area contributed by atoms with Crippen molar-refractivity contribution in [3.63, 3.8) is 0 Å². The van der Waals surface area contributed by atoms with Crippen LogP contribution in [-0.4, -0.2) is 87.3 Å². The topological polar surface area (TPSA) is 88.7 Å². The summed E-state index contributed by atoms with van der Waals surface area (Å²) in [5.41, 5.74) is 6.12. The molecule has 0 aliphatic carbocycles. The lowest BCUT2D eigenvalue weighted by Crippen LogP contribution is -2.47. The fourth-order valence-electron chi connectivity index (χ4n) is 5.71. The molecule has 258 valence electrons. The number of urea groups is 2. The van der Waals surface area contributed by atoms with Crippen molar-refractivity contribution in [3.8, 4) is 10.4 Å². The quantitative estimate of drug-likeness (QED) is 0.105. The molecule has 0 saturated heterocycles. The van der Waals surface area contributed by atoms with Crippen LogP contribution in [0.1, 0.15) is 36.1 Å². The zero-order chi connectivity index (χ0) is 34.5. The lowest BCUT2D eigenvalue weighted by Gasteiger charge is -2.25. The average molecular weight is 689 g/mol. The molecule has 0 radical (unpaired) electrons. The Hall–Kier alpha value is -3.70. The van der Waals surface area contributed by atoms with Crippen LogP contribution in [0.2, 0.25) is 0 Å². The zero-order valence-electron chi connectivity index (χ0n) is 29.2. The van der Waals surface area contributed by atoms with E-state index in [0.29, 0.717) is 13.1 Å². The number of carbonyl (C=O) groups excluding carboxylic acids is 2. The Balaban J connectivity index is 1.24. The van der Waals surface area contributed by atoms with Crippen molar-refractivity contribution in [2.24, 2.45) is 0 Å². The Morgan fingerprint density at radius 1 is 0.646 bits per heavy atom. The van der Waals surface area contributed by atoms with E-state index in [9.17, 15) is 9.59 Å². The van der Waals surface area contributed by atoms with Gasteiger partial charge in [0.15, 0.2) is 0 Å². The highest BCUT2D eigenvalue weighted by Gasteiger charge is 2.17. The highest BCUT2D eigenvalue weighted by atomic mass is 32.1. The second kappa shape index (κ2) is 18.7. The van der Waals surface area contributed by atoms with Crippen LogP contribution < -0.4 is 21.3 Å². The Morgan fingerprint density at radius 2 is 1.23 bits per heavy atom. The first-order valence-electron chi connectivity index (χ1n) is 16.7. The van der Waals surface area contributed by atoms with E-state index in [2.05, 4.69) is 122 Å². The number of hydrogen-bond donors (Lipinski definition) is 4. The molecule has 4 rings (SSSR count). The van der Waals surface area contributed by atoms with Crippen LogP contribution in [-0.2, 0) is 25.7 Å². The van der Waals surface area contributed by atoms with Crippen LogP contribution in [0, 0.1) is 0 Å². The molecule has 4 atom stereocenters. The molecule has 4 N–H and O–H groups in total. The predicted octanol–water partition coefficient (Wildman–Crippen LogP) is 6.28. The molecule has 0 aliphatic rings. The van der Waals surface area contributed by atoms with Crippen molar-refractivity contribution in [1.29, 1.82) is 0 Å². The van der Waals surface area contributed by atoms with E-state index in [1.54, 1.807) is 22.7 Å². The van der Waals surface area contributed by atoms with Gasteiger partial charge in [-0.25, -0.2) is 9.59 Å². The summed E-state index contributed by atoms with van der Waals surface area (Å²) in [6, 6.07) is 23.5. The van der Waals surface area contributed by atoms with Crippen molar-refractivity contribution >= 4 is 34.7 Å². The van der Waals surface area contributed by atoms with Gasteiger partial charge in [0.1, 0.15) is 0 Å². The largest absolute Gasteiger partial charge is 0.337 e. The van der Waals surface area contributed by atoms with E-state index >= 15 is 0 Å². The number of nitrogens with zero attached hydrogens (tertiary/aromatic N) is 2. The van der Waals surface area contributed by atoms with Gasteiger partial charge in [0.2, 0.25) is 0 Å². The fraction of sp³-hybridized carbons (Fsp3) is 0.421. The summed E-state index contributed by atoms with van der Waals surface area (Å²) in [5, 5.41) is 18.7. The first-order chi connectivity index (χ1) is 23.0. The molecule has 0 spiro atoms. The van der Waals surface area contributed by atoms with Gasteiger partial charge in [-0.15, -0.1) is 11.3 Å². The molecular formula is C38H52N6O2S2. The van der Waals surface area contributed by atoms with E-state index in [0.717, 1.165) is 25.7 Å². The highest BCUT2D eigenvalue weighted by molar-refractivity contribution is 7.13. The van der Waals surface area contributed by atoms with Gasteiger partial charge in [-0.2, -0.15) is 11.3 Å². The zero-order valence-corrected chi connectivity index (χ0v) is 30.8. The van der Waals surface area contributed by atoms with Crippen LogP contribution in [0.25, 0.3) is 10.4 Å². The summed E-state index contributed by atoms with van der Waals surface area (Å²) in [4.78, 5) is 30.9. The van der Waals surface area contributed by atoms with Crippen LogP contribution in [0.3, 0.4) is 0 Å². The van der Waals surface area contributed by atoms with Crippen LogP contribution in [0.15, 0.2) is 82.9 Å². The van der Waals surface area contributed by atoms with Crippen molar-refractivity contribution in [2.45, 2.75) is 63.7 Å². The normalized spacial score (nSPS) is 13.9. The molecular weight excluding hydrogens is 637 g/mol. The molecule has 0 fully saturated rings. The second-order valence-electron chi connectivity index (χ2n) is 13.2. The number of likely N-dealkylation sites (N-methyl/N-ethyl adjacent to an activating group) is 2. The van der Waals surface area contributed by atoms with Gasteiger partial charge in [0.25, 0.3) is 0 Å². The Morgan fingerprint density at radius 3 is 1.81 bits per heavy atom. The van der Waals surface area contributed by atoms with Gasteiger partial charge in [-0.05, 0) is 124 Å². The van der Waals surface area contributed by atoms with E-state index in [-0.39, 0.29) is 36.2 Å². The Labute approximate surface area is 294 Å². The second-order valence-corrected chi connectivity index (χ2v) is 14.9. The Kier molecular flexibility index (Phi) is 14.5. The van der Waals surface area contributed by atoms with Crippen molar-refractivity contribution < 1.29 is 9.59 Å². The standard InChI is InChI=1S/C38H52N6O2S2/c1-27(17-31-15-16-47-25-31)41-37(45)40-24-35(44(5)6)21-30-13-10-14-33(19-30)36-22-32(26-48-36)18-28(2)42-38(46)39-23-34(43(3)4)20-29-11-8-7-9-12-29/h7-16,19,22,25-28,34-35H,17-18,20-21,23-24H2,1-6H3,(H2,39,42,46)(H2,40,41,45)/t27-,28+,34?,35?/m0/s1. The van der Waals surface area contributed by atoms with Gasteiger partial charge >= 0.3 is 12.1 Å². The van der Waals surface area contributed by atoms with Crippen molar-refractivity contribution in [1.82, 2.24) is 31.1 Å². The Bertz CT molecular complexity index is 1540. The molecule has 0 bridgehead atoms. The SMILES string of the molecule is C[C@H](Cc1csc(-c2cccc(CC(CNC(=O)N[C@@H](C)Cc3ccsc3)N(C)C)c2)c1)NC(=O)NCC(Cc1ccccc1)N(C)C. The number of thiophene rings is 2. The number of carbonyl (C=O) groups is 2. The van der Waals surface area contributed by atoms with Crippen molar-refractivity contribution in [2.75, 3.05) is 41.3 Å². The number of hydrogen-bond acceptors (Lipinski definition) is 6. The lowest BCUT2D eigenvalue weighted by molar-refractivity contribution is 0.228. The number of nitrogens with one attached hydrogen (secondary N) is 4. The third-order valence-corrected chi connectivity index (χ3v) is 10.3. The van der Waals surface area contributed by atoms with Gasteiger partial charge < -0.3 is 31.1 Å². The maximum Gasteiger partial charge on any atom is 0.315 e. The third-order valence-electron chi connectivity index (χ3n) is 8.53. The summed E-state index contributed by atoms with van der Waals surface area (Å²) in [7, 11) is 8.21. The summed E-state index contributed by atoms with van der Waals surface area (Å²) >= 11 is 3.40. The third kappa shape index (κ3) is 12.4. The summed E-state index contributed by atoms with van der Waals surface area (Å²) in [6.07, 6.45) is 3.28. The van der Waals surface area contributed by atoms with Gasteiger partial charge in [0, 0.05) is 42.1 Å². The molecule has 4 amide bonds. The maximum absolute atomic E-state index is 12.7. The lowest BCUT2D eigenvalue weighted by atomic mass is 10.0. The minimum Gasteiger partial charge on any atom is -0.337 e. The van der Waals surface area contributed by atoms with Crippen LogP contribution >= 0.6 is 22.7 Å². The molecule has 48 heavy (non-hydrogen) atoms. The van der Waals surface area contributed by atoms with Gasteiger partial charge in [-0.1, -0.05) is 54.6 Å². The summed E-state index contributed by atoms with van der Waals surface area (Å²) < 4.78 is 0. The average Bonchev–Trinajstić information content (AvgIpc) is 3.74. The van der Waals surface area contributed by atoms with Gasteiger partial charge in [-0.3, -0.25) is 0 Å². The first kappa shape index (κ1) is 37.1. The number of rotatable bonds is 17. The first-order valence-corrected chi connectivity index (χ1v) is 18.5. The number of amides is 4. The van der Waals surface area contributed by atoms with Crippen LogP contribution in [0.4, 0.5) is 9.59 Å². The van der Waals surface area contributed by atoms with E-state index in [1.165, 1.54) is 32.7 Å². The summed E-state index contributed by atoms with van der Waals surface area (Å²) in [6.45, 7) is 5.21. The fourth-order valence-corrected chi connectivity index (χ4v) is 7.31. The van der Waals surface area contributed by atoms with Gasteiger partial charge in [0.05, 0.1) is 0 Å². The molecule has 0 aliphatic heterocycles. The van der Waals surface area contributed by atoms with Crippen LogP contribution in [0.5, 0.6) is 0 Å². The van der Waals surface area contributed by atoms with E-state index in [4.69, 9.17) is 0 Å². The monoisotopic (exact) mass is 688 g/mol. The van der Waals surface area contributed by atoms with E-state index < -0.39 is 0 Å². The molecule has 2 heterocycles. The molecule has 2 unspecified atom stereocenters. The smallest absolute Gasteiger partial charge is 0.315 e. The summed E-state index contributed by atoms with van der Waals surface area (Å²) in [5.74, 6) is 0. The number of benzene rings is 2. The molecule has 4 aromatic rings. The molecule has 10 heteroatoms. The highest BCUT2D eigenvalue weighted by Crippen LogP contribution is 2.29. The minimum atomic E-state index is -0.138. The molecule has 0 saturated carbocycles. The van der Waals surface area contributed by atoms with Crippen molar-refractivity contribution in [3.05, 3.63) is 105 Å². The predicted molar refractivity (Wildman–Crippen MR) is 202 cm³/mol. The molecule has 2 aromatic carbocycles. The maximum atomic E-state index is 12.7. The molecule has 8 nitrogen and oxygen atoms in total. The minimum absolute atomic E-state index is 0.00473. The molecule has 2 aromatic heterocycles. The van der Waals surface area contributed by atoms with E-state index in [1.807, 2.05) is 34.0 Å².